The molecule has 0 aliphatic heterocycles. The van der Waals surface area contributed by atoms with Gasteiger partial charge in [0.15, 0.2) is 0 Å². The number of aromatic nitrogens is 6. The van der Waals surface area contributed by atoms with Gasteiger partial charge in [0.2, 0.25) is 0 Å². The Morgan fingerprint density at radius 1 is 0.787 bits per heavy atom. The van der Waals surface area contributed by atoms with E-state index in [-0.39, 0.29) is 30.9 Å². The van der Waals surface area contributed by atoms with E-state index in [1.54, 1.807) is 77.5 Å². The monoisotopic (exact) mass is 965 g/mol. The molecule has 0 aliphatic carbocycles. The number of alkyl halides is 3. The van der Waals surface area contributed by atoms with Crippen LogP contribution in [-0.2, 0) is 41.7 Å². The van der Waals surface area contributed by atoms with Crippen molar-refractivity contribution in [1.82, 2.24) is 30.1 Å². The summed E-state index contributed by atoms with van der Waals surface area (Å²) in [6.45, 7) is 2.85. The Labute approximate surface area is 375 Å². The van der Waals surface area contributed by atoms with Gasteiger partial charge < -0.3 is 25.1 Å². The number of rotatable bonds is 13. The number of isothiocyanates is 1. The first-order valence-electron chi connectivity index (χ1n) is 18.0. The van der Waals surface area contributed by atoms with Crippen molar-refractivity contribution in [3.8, 4) is 67.9 Å². The van der Waals surface area contributed by atoms with Crippen LogP contribution in [0.15, 0.2) is 102 Å². The van der Waals surface area contributed by atoms with Crippen molar-refractivity contribution in [2.24, 2.45) is 0 Å². The Morgan fingerprint density at radius 3 is 2.13 bits per heavy atom. The minimum absolute atomic E-state index is 0. The molecule has 0 N–H and O–H groups in total. The summed E-state index contributed by atoms with van der Waals surface area (Å²) in [7, 11) is 0. The normalized spacial score (nSPS) is 10.2. The third kappa shape index (κ3) is 14.3. The minimum Gasteiger partial charge on any atom is -0.753 e. The van der Waals surface area contributed by atoms with E-state index in [1.165, 1.54) is 36.2 Å². The van der Waals surface area contributed by atoms with Gasteiger partial charge in [-0.1, -0.05) is 62.0 Å². The first kappa shape index (κ1) is 47.6. The summed E-state index contributed by atoms with van der Waals surface area (Å²) in [5, 5.41) is 19.3. The molecule has 0 aliphatic rings. The van der Waals surface area contributed by atoms with Gasteiger partial charge in [0.1, 0.15) is 17.2 Å². The van der Waals surface area contributed by atoms with Gasteiger partial charge in [0.25, 0.3) is 12.9 Å². The SMILES string of the molecule is CCCCCCc1ccsc1-c1ccnc(-c2cc(C(F)(F)F)n[n-]2)c1.O=COc1ccnc(-c2cc(OC=O)cc(-c3cc(C#Cc4cccs4)ccn3)n2)c1.[N-]=C=S.[Ru+2]. The van der Waals surface area contributed by atoms with Gasteiger partial charge in [-0.2, -0.15) is 18.3 Å². The zero-order valence-electron chi connectivity index (χ0n) is 32.0. The van der Waals surface area contributed by atoms with Crippen molar-refractivity contribution in [2.45, 2.75) is 45.2 Å². The van der Waals surface area contributed by atoms with Crippen LogP contribution in [-0.4, -0.2) is 43.1 Å². The van der Waals surface area contributed by atoms with Crippen LogP contribution in [0.25, 0.3) is 50.0 Å². The number of hydrogen-bond acceptors (Lipinski definition) is 12. The summed E-state index contributed by atoms with van der Waals surface area (Å²) >= 11 is 6.90. The maximum absolute atomic E-state index is 12.7. The van der Waals surface area contributed by atoms with E-state index in [1.807, 2.05) is 23.6 Å². The fourth-order valence-corrected chi connectivity index (χ4v) is 7.03. The maximum Gasteiger partial charge on any atom is 2.00 e. The standard InChI is InChI=1S/C23H13N3O4S.C19H19F3N3S.CNS.Ru/c27-14-29-17-6-8-25-21(11-17)23-13-18(30-15-28)12-22(26-23)20-10-16(5-7-24-20)3-4-19-2-1-9-31-19;1-2-3-4-5-6-13-8-10-26-18(13)14-7-9-23-15(11-14)16-12-17(25-24-16)19(20,21)22;2-1-3;/h1-2,5-15H;7-12H,2-6H2,1H3;;/q;2*-1;+2. The van der Waals surface area contributed by atoms with Crippen LogP contribution >= 0.6 is 34.9 Å². The van der Waals surface area contributed by atoms with Crippen molar-refractivity contribution in [1.29, 1.82) is 0 Å². The first-order valence-corrected chi connectivity index (χ1v) is 20.2. The summed E-state index contributed by atoms with van der Waals surface area (Å²) < 4.78 is 48.1. The van der Waals surface area contributed by atoms with Crippen molar-refractivity contribution >= 4 is 53.0 Å². The molecule has 0 amide bonds. The fraction of sp³-hybridized carbons (Fsp3) is 0.163. The van der Waals surface area contributed by atoms with Crippen molar-refractivity contribution in [2.75, 3.05) is 0 Å². The predicted octanol–water partition coefficient (Wildman–Crippen LogP) is 10.4. The second-order valence-electron chi connectivity index (χ2n) is 12.3. The Hall–Kier alpha value is -6.08. The Kier molecular flexibility index (Phi) is 18.9. The largest absolute Gasteiger partial charge is 2.00 e. The molecule has 7 heterocycles. The van der Waals surface area contributed by atoms with Crippen molar-refractivity contribution < 1.29 is 51.7 Å². The van der Waals surface area contributed by atoms with Gasteiger partial charge >= 0.3 is 25.7 Å². The number of carbonyl (C=O) groups excluding carboxylic acids is 2. The number of pyridine rings is 4. The number of halogens is 3. The van der Waals surface area contributed by atoms with Gasteiger partial charge in [-0.25, -0.2) is 4.98 Å². The third-order valence-electron chi connectivity index (χ3n) is 8.20. The van der Waals surface area contributed by atoms with Crippen LogP contribution < -0.4 is 14.6 Å². The average Bonchev–Trinajstić information content (AvgIpc) is 4.06. The molecule has 0 fully saturated rings. The zero-order chi connectivity index (χ0) is 42.7. The van der Waals surface area contributed by atoms with E-state index in [4.69, 9.17) is 14.9 Å². The third-order valence-corrected chi connectivity index (χ3v) is 9.99. The van der Waals surface area contributed by atoms with E-state index >= 15 is 0 Å². The average molecular weight is 965 g/mol. The quantitative estimate of drug-likeness (QED) is 0.0271. The number of thiophene rings is 2. The van der Waals surface area contributed by atoms with E-state index < -0.39 is 11.9 Å². The number of ether oxygens (including phenoxy) is 2. The molecule has 7 aromatic rings. The van der Waals surface area contributed by atoms with Gasteiger partial charge in [0, 0.05) is 47.2 Å². The minimum atomic E-state index is -4.50. The van der Waals surface area contributed by atoms with Crippen molar-refractivity contribution in [3.05, 3.63) is 129 Å². The second kappa shape index (κ2) is 24.2. The van der Waals surface area contributed by atoms with E-state index in [9.17, 15) is 22.8 Å². The molecular weight excluding hydrogens is 933 g/mol. The van der Waals surface area contributed by atoms with E-state index in [0.717, 1.165) is 39.8 Å². The molecule has 310 valence electrons. The summed E-state index contributed by atoms with van der Waals surface area (Å²) in [5.74, 6) is 6.80. The zero-order valence-corrected chi connectivity index (χ0v) is 36.2. The molecule has 0 radical (unpaired) electrons. The molecule has 61 heavy (non-hydrogen) atoms. The van der Waals surface area contributed by atoms with Crippen LogP contribution in [0.5, 0.6) is 11.5 Å². The van der Waals surface area contributed by atoms with E-state index in [2.05, 4.69) is 72.6 Å². The second-order valence-corrected chi connectivity index (χ2v) is 14.3. The molecule has 11 nitrogen and oxygen atoms in total. The topological polar surface area (TPSA) is 153 Å². The van der Waals surface area contributed by atoms with Gasteiger partial charge in [-0.3, -0.25) is 24.5 Å². The van der Waals surface area contributed by atoms with Crippen LogP contribution in [0.2, 0.25) is 0 Å². The van der Waals surface area contributed by atoms with Gasteiger partial charge in [0.05, 0.1) is 33.3 Å². The molecule has 0 aromatic carbocycles. The molecule has 7 aromatic heterocycles. The summed E-state index contributed by atoms with van der Waals surface area (Å²) in [6, 6.07) is 20.5. The van der Waals surface area contributed by atoms with Crippen LogP contribution in [0.4, 0.5) is 13.2 Å². The maximum atomic E-state index is 12.7. The smallest absolute Gasteiger partial charge is 0.753 e. The number of carbonyl (C=O) groups is 2. The molecule has 7 rings (SSSR count). The molecule has 0 saturated heterocycles. The molecule has 0 bridgehead atoms. The molecule has 0 spiro atoms. The van der Waals surface area contributed by atoms with Gasteiger partial charge in [-0.05, 0) is 83.3 Å². The number of nitrogens with zero attached hydrogens (tertiary/aromatic N) is 7. The molecule has 0 atom stereocenters. The summed E-state index contributed by atoms with van der Waals surface area (Å²) in [6.07, 6.45) is 6.01. The summed E-state index contributed by atoms with van der Waals surface area (Å²) in [5.41, 5.74) is 4.41. The van der Waals surface area contributed by atoms with Gasteiger partial charge in [-0.15, -0.1) is 22.7 Å². The predicted molar refractivity (Wildman–Crippen MR) is 227 cm³/mol. The molecular formula is C43H32F3N7O4RuS3. The van der Waals surface area contributed by atoms with E-state index in [0.29, 0.717) is 47.2 Å². The molecule has 0 unspecified atom stereocenters. The first-order chi connectivity index (χ1) is 29.1. The number of aryl methyl sites for hydroxylation is 1. The Morgan fingerprint density at radius 2 is 1.46 bits per heavy atom. The van der Waals surface area contributed by atoms with Crippen molar-refractivity contribution in [3.63, 3.8) is 0 Å². The van der Waals surface area contributed by atoms with Crippen LogP contribution in [0.1, 0.15) is 54.3 Å². The summed E-state index contributed by atoms with van der Waals surface area (Å²) in [4.78, 5) is 41.0. The van der Waals surface area contributed by atoms with Crippen LogP contribution in [0.3, 0.4) is 0 Å². The molecule has 18 heteroatoms. The Balaban J connectivity index is 0.000000252. The molecule has 0 saturated carbocycles. The number of hydrogen-bond donors (Lipinski definition) is 0. The number of unbranched alkanes of at least 4 members (excludes halogenated alkanes) is 3. The number of thiocarbonyl (C=S) groups is 1. The Bertz CT molecular complexity index is 2600. The van der Waals surface area contributed by atoms with Crippen LogP contribution in [0, 0.1) is 11.8 Å². The fourth-order valence-electron chi connectivity index (χ4n) is 5.50.